The van der Waals surface area contributed by atoms with Gasteiger partial charge in [0, 0.05) is 12.7 Å². The van der Waals surface area contributed by atoms with E-state index in [9.17, 15) is 4.79 Å². The Morgan fingerprint density at radius 3 is 3.13 bits per heavy atom. The van der Waals surface area contributed by atoms with E-state index in [0.717, 1.165) is 18.5 Å². The molecule has 0 radical (unpaired) electrons. The Labute approximate surface area is 89.2 Å². The van der Waals surface area contributed by atoms with E-state index in [-0.39, 0.29) is 12.4 Å². The molecule has 15 heavy (non-hydrogen) atoms. The van der Waals surface area contributed by atoms with Crippen molar-refractivity contribution in [3.8, 4) is 11.8 Å². The topological polar surface area (TPSA) is 44.1 Å². The van der Waals surface area contributed by atoms with E-state index in [1.807, 2.05) is 10.9 Å². The van der Waals surface area contributed by atoms with E-state index in [2.05, 4.69) is 28.6 Å². The molecule has 0 spiro atoms. The molecule has 0 N–H and O–H groups in total. The molecular weight excluding hydrogens is 192 g/mol. The number of methoxy groups -OCH3 is 1. The van der Waals surface area contributed by atoms with Crippen molar-refractivity contribution in [1.82, 2.24) is 9.78 Å². The van der Waals surface area contributed by atoms with Gasteiger partial charge in [-0.1, -0.05) is 18.8 Å². The Hall–Kier alpha value is -1.76. The van der Waals surface area contributed by atoms with Crippen molar-refractivity contribution in [2.24, 2.45) is 0 Å². The number of carbonyl (C=O) groups is 1. The summed E-state index contributed by atoms with van der Waals surface area (Å²) < 4.78 is 6.31. The fraction of sp³-hybridized carbons (Fsp3) is 0.455. The van der Waals surface area contributed by atoms with Crippen molar-refractivity contribution in [2.45, 2.75) is 26.3 Å². The van der Waals surface area contributed by atoms with Gasteiger partial charge >= 0.3 is 5.97 Å². The molecule has 0 amide bonds. The van der Waals surface area contributed by atoms with Gasteiger partial charge in [-0.05, 0) is 6.42 Å². The second kappa shape index (κ2) is 5.86. The number of hydrogen-bond donors (Lipinski definition) is 0. The van der Waals surface area contributed by atoms with Gasteiger partial charge in [-0.3, -0.25) is 9.48 Å². The van der Waals surface area contributed by atoms with Gasteiger partial charge in [-0.15, -0.1) is 0 Å². The molecule has 0 aromatic carbocycles. The van der Waals surface area contributed by atoms with Crippen molar-refractivity contribution in [2.75, 3.05) is 7.11 Å². The fourth-order valence-electron chi connectivity index (χ4n) is 1.07. The van der Waals surface area contributed by atoms with Crippen molar-refractivity contribution >= 4 is 5.97 Å². The summed E-state index contributed by atoms with van der Waals surface area (Å²) in [5, 5.41) is 4.12. The Bertz CT molecular complexity index is 385. The number of hydrogen-bond acceptors (Lipinski definition) is 3. The Balaban J connectivity index is 2.52. The third-order valence-corrected chi connectivity index (χ3v) is 1.78. The first kappa shape index (κ1) is 11.3. The molecule has 1 aromatic heterocycles. The molecular formula is C11H14N2O2. The van der Waals surface area contributed by atoms with Crippen LogP contribution in [0.25, 0.3) is 0 Å². The predicted octanol–water partition coefficient (Wildman–Crippen LogP) is 1.21. The van der Waals surface area contributed by atoms with Crippen LogP contribution >= 0.6 is 0 Å². The van der Waals surface area contributed by atoms with E-state index >= 15 is 0 Å². The molecule has 1 heterocycles. The van der Waals surface area contributed by atoms with Crippen LogP contribution in [0.1, 0.15) is 25.3 Å². The highest BCUT2D eigenvalue weighted by Gasteiger charge is 1.95. The van der Waals surface area contributed by atoms with Crippen LogP contribution in [-0.4, -0.2) is 22.9 Å². The van der Waals surface area contributed by atoms with Gasteiger partial charge in [0.15, 0.2) is 0 Å². The Morgan fingerprint density at radius 1 is 1.67 bits per heavy atom. The van der Waals surface area contributed by atoms with Crippen LogP contribution in [0, 0.1) is 11.8 Å². The number of rotatable bonds is 3. The minimum absolute atomic E-state index is 0.120. The van der Waals surface area contributed by atoms with Gasteiger partial charge in [0.1, 0.15) is 6.42 Å². The molecule has 4 heteroatoms. The quantitative estimate of drug-likeness (QED) is 0.551. The van der Waals surface area contributed by atoms with E-state index in [0.29, 0.717) is 0 Å². The van der Waals surface area contributed by atoms with Crippen LogP contribution in [0.4, 0.5) is 0 Å². The van der Waals surface area contributed by atoms with Crippen LogP contribution in [0.5, 0.6) is 0 Å². The second-order valence-electron chi connectivity index (χ2n) is 3.05. The highest BCUT2D eigenvalue weighted by Crippen LogP contribution is 1.96. The summed E-state index contributed by atoms with van der Waals surface area (Å²) in [4.78, 5) is 10.8. The molecule has 0 bridgehead atoms. The first-order valence-corrected chi connectivity index (χ1v) is 4.84. The Kier molecular flexibility index (Phi) is 4.42. The monoisotopic (exact) mass is 206 g/mol. The lowest BCUT2D eigenvalue weighted by molar-refractivity contribution is -0.139. The van der Waals surface area contributed by atoms with Gasteiger partial charge in [0.25, 0.3) is 0 Å². The number of aryl methyl sites for hydroxylation is 1. The molecule has 4 nitrogen and oxygen atoms in total. The van der Waals surface area contributed by atoms with Crippen molar-refractivity contribution in [1.29, 1.82) is 0 Å². The number of ether oxygens (including phenoxy) is 1. The maximum Gasteiger partial charge on any atom is 0.317 e. The van der Waals surface area contributed by atoms with Gasteiger partial charge in [-0.2, -0.15) is 5.10 Å². The number of esters is 1. The second-order valence-corrected chi connectivity index (χ2v) is 3.05. The summed E-state index contributed by atoms with van der Waals surface area (Å²) in [5.41, 5.74) is 0.826. The maximum absolute atomic E-state index is 10.8. The molecule has 0 aliphatic carbocycles. The molecule has 0 atom stereocenters. The largest absolute Gasteiger partial charge is 0.468 e. The summed E-state index contributed by atoms with van der Waals surface area (Å²) >= 11 is 0. The molecule has 0 aliphatic rings. The molecule has 0 aliphatic heterocycles. The van der Waals surface area contributed by atoms with Crippen LogP contribution < -0.4 is 0 Å². The molecule has 0 saturated carbocycles. The van der Waals surface area contributed by atoms with E-state index in [1.165, 1.54) is 7.11 Å². The molecule has 1 aromatic rings. The minimum atomic E-state index is -0.316. The van der Waals surface area contributed by atoms with Crippen LogP contribution in [0.15, 0.2) is 12.4 Å². The lowest BCUT2D eigenvalue weighted by Crippen LogP contribution is -1.97. The van der Waals surface area contributed by atoms with Crippen LogP contribution in [0.2, 0.25) is 0 Å². The predicted molar refractivity (Wildman–Crippen MR) is 56.0 cm³/mol. The lowest BCUT2D eigenvalue weighted by Gasteiger charge is -1.93. The number of nitrogens with zero attached hydrogens (tertiary/aromatic N) is 2. The minimum Gasteiger partial charge on any atom is -0.468 e. The van der Waals surface area contributed by atoms with Gasteiger partial charge in [-0.25, -0.2) is 0 Å². The van der Waals surface area contributed by atoms with Crippen molar-refractivity contribution in [3.05, 3.63) is 18.0 Å². The summed E-state index contributed by atoms with van der Waals surface area (Å²) in [7, 11) is 1.35. The summed E-state index contributed by atoms with van der Waals surface area (Å²) in [5.74, 6) is 5.27. The van der Waals surface area contributed by atoms with E-state index in [1.54, 1.807) is 6.20 Å². The lowest BCUT2D eigenvalue weighted by atomic mass is 10.3. The average molecular weight is 206 g/mol. The van der Waals surface area contributed by atoms with Gasteiger partial charge in [0.05, 0.1) is 18.9 Å². The van der Waals surface area contributed by atoms with Gasteiger partial charge < -0.3 is 4.74 Å². The molecule has 1 rings (SSSR count). The zero-order chi connectivity index (χ0) is 11.1. The number of carbonyl (C=O) groups excluding carboxylic acids is 1. The maximum atomic E-state index is 10.8. The molecule has 0 fully saturated rings. The van der Waals surface area contributed by atoms with E-state index in [4.69, 9.17) is 0 Å². The standard InChI is InChI=1S/C11H14N2O2/c1-3-7-13-9-10(8-12-13)5-4-6-11(14)15-2/h8-9H,3,6-7H2,1-2H3. The molecule has 0 saturated heterocycles. The number of aromatic nitrogens is 2. The first-order valence-electron chi connectivity index (χ1n) is 4.84. The highest BCUT2D eigenvalue weighted by molar-refractivity contribution is 5.72. The van der Waals surface area contributed by atoms with Crippen LogP contribution in [0.3, 0.4) is 0 Å². The SMILES string of the molecule is CCCn1cc(C#CCC(=O)OC)cn1. The van der Waals surface area contributed by atoms with Gasteiger partial charge in [0.2, 0.25) is 0 Å². The summed E-state index contributed by atoms with van der Waals surface area (Å²) in [6.45, 7) is 2.98. The summed E-state index contributed by atoms with van der Waals surface area (Å²) in [6, 6.07) is 0. The zero-order valence-corrected chi connectivity index (χ0v) is 8.99. The van der Waals surface area contributed by atoms with Crippen LogP contribution in [-0.2, 0) is 16.1 Å². The Morgan fingerprint density at radius 2 is 2.47 bits per heavy atom. The normalized spacial score (nSPS) is 9.20. The fourth-order valence-corrected chi connectivity index (χ4v) is 1.07. The summed E-state index contributed by atoms with van der Waals surface area (Å²) in [6.07, 6.45) is 4.72. The third-order valence-electron chi connectivity index (χ3n) is 1.78. The van der Waals surface area contributed by atoms with E-state index < -0.39 is 0 Å². The average Bonchev–Trinajstić information content (AvgIpc) is 2.66. The van der Waals surface area contributed by atoms with Crippen molar-refractivity contribution in [3.63, 3.8) is 0 Å². The molecule has 80 valence electrons. The highest BCUT2D eigenvalue weighted by atomic mass is 16.5. The van der Waals surface area contributed by atoms with Crippen molar-refractivity contribution < 1.29 is 9.53 Å². The smallest absolute Gasteiger partial charge is 0.317 e. The first-order chi connectivity index (χ1) is 7.26. The molecule has 0 unspecified atom stereocenters. The third kappa shape index (κ3) is 3.86. The zero-order valence-electron chi connectivity index (χ0n) is 8.99.